The standard InChI is InChI=1S/C20H22ClNO5/c1-12-8-17(18(26-4)10-16(12)21)22-19(23)13(2)27-20(24)15-7-5-6-14(9-15)11-25-3/h5-10,13H,11H2,1-4H3,(H,22,23)/t13-/m0/s1. The summed E-state index contributed by atoms with van der Waals surface area (Å²) in [6, 6.07) is 10.2. The zero-order chi connectivity index (χ0) is 20.0. The van der Waals surface area contributed by atoms with Crippen LogP contribution in [0.15, 0.2) is 36.4 Å². The van der Waals surface area contributed by atoms with E-state index in [0.29, 0.717) is 28.6 Å². The van der Waals surface area contributed by atoms with Gasteiger partial charge >= 0.3 is 5.97 Å². The summed E-state index contributed by atoms with van der Waals surface area (Å²) in [5.41, 5.74) is 2.43. The van der Waals surface area contributed by atoms with Crippen LogP contribution in [0.25, 0.3) is 0 Å². The highest BCUT2D eigenvalue weighted by atomic mass is 35.5. The first kappa shape index (κ1) is 20.7. The largest absolute Gasteiger partial charge is 0.495 e. The van der Waals surface area contributed by atoms with E-state index >= 15 is 0 Å². The third kappa shape index (κ3) is 5.45. The Kier molecular flexibility index (Phi) is 7.21. The Balaban J connectivity index is 2.06. The highest BCUT2D eigenvalue weighted by Gasteiger charge is 2.21. The van der Waals surface area contributed by atoms with Gasteiger partial charge in [0.2, 0.25) is 0 Å². The van der Waals surface area contributed by atoms with E-state index in [1.54, 1.807) is 37.4 Å². The van der Waals surface area contributed by atoms with E-state index in [1.807, 2.05) is 13.0 Å². The maximum absolute atomic E-state index is 12.4. The molecule has 0 fully saturated rings. The molecule has 0 saturated heterocycles. The molecule has 0 aliphatic carbocycles. The molecule has 0 aliphatic rings. The fourth-order valence-electron chi connectivity index (χ4n) is 2.40. The second-order valence-corrected chi connectivity index (χ2v) is 6.38. The van der Waals surface area contributed by atoms with Gasteiger partial charge in [-0.1, -0.05) is 23.7 Å². The molecule has 27 heavy (non-hydrogen) atoms. The average molecular weight is 392 g/mol. The number of anilines is 1. The molecule has 144 valence electrons. The molecular weight excluding hydrogens is 370 g/mol. The summed E-state index contributed by atoms with van der Waals surface area (Å²) in [7, 11) is 3.05. The van der Waals surface area contributed by atoms with Crippen molar-refractivity contribution in [2.24, 2.45) is 0 Å². The molecule has 0 aromatic heterocycles. The summed E-state index contributed by atoms with van der Waals surface area (Å²) in [6.45, 7) is 3.70. The van der Waals surface area contributed by atoms with Crippen LogP contribution in [0.1, 0.15) is 28.4 Å². The summed E-state index contributed by atoms with van der Waals surface area (Å²) in [5, 5.41) is 3.23. The second-order valence-electron chi connectivity index (χ2n) is 5.97. The summed E-state index contributed by atoms with van der Waals surface area (Å²) < 4.78 is 15.6. The van der Waals surface area contributed by atoms with Gasteiger partial charge < -0.3 is 19.5 Å². The van der Waals surface area contributed by atoms with Gasteiger partial charge in [-0.15, -0.1) is 0 Å². The van der Waals surface area contributed by atoms with Crippen LogP contribution in [0.4, 0.5) is 5.69 Å². The minimum Gasteiger partial charge on any atom is -0.495 e. The van der Waals surface area contributed by atoms with Crippen molar-refractivity contribution in [2.75, 3.05) is 19.5 Å². The molecule has 0 bridgehead atoms. The second kappa shape index (κ2) is 9.39. The molecule has 0 saturated carbocycles. The van der Waals surface area contributed by atoms with Gasteiger partial charge in [-0.3, -0.25) is 4.79 Å². The number of ether oxygens (including phenoxy) is 3. The molecule has 2 aromatic rings. The van der Waals surface area contributed by atoms with E-state index in [2.05, 4.69) is 5.32 Å². The number of carbonyl (C=O) groups is 2. The lowest BCUT2D eigenvalue weighted by molar-refractivity contribution is -0.123. The number of nitrogens with one attached hydrogen (secondary N) is 1. The van der Waals surface area contributed by atoms with E-state index in [4.69, 9.17) is 25.8 Å². The summed E-state index contributed by atoms with van der Waals surface area (Å²) in [5.74, 6) is -0.643. The van der Waals surface area contributed by atoms with Crippen molar-refractivity contribution < 1.29 is 23.8 Å². The van der Waals surface area contributed by atoms with Crippen molar-refractivity contribution >= 4 is 29.2 Å². The maximum atomic E-state index is 12.4. The lowest BCUT2D eigenvalue weighted by Crippen LogP contribution is -2.30. The van der Waals surface area contributed by atoms with Crippen LogP contribution < -0.4 is 10.1 Å². The zero-order valence-electron chi connectivity index (χ0n) is 15.7. The molecule has 0 heterocycles. The van der Waals surface area contributed by atoms with Crippen molar-refractivity contribution in [1.29, 1.82) is 0 Å². The van der Waals surface area contributed by atoms with Gasteiger partial charge in [0.15, 0.2) is 6.10 Å². The monoisotopic (exact) mass is 391 g/mol. The van der Waals surface area contributed by atoms with Crippen molar-refractivity contribution in [3.05, 3.63) is 58.1 Å². The van der Waals surface area contributed by atoms with Gasteiger partial charge in [-0.25, -0.2) is 4.79 Å². The van der Waals surface area contributed by atoms with Crippen LogP contribution in [-0.4, -0.2) is 32.2 Å². The van der Waals surface area contributed by atoms with Gasteiger partial charge in [0.1, 0.15) is 5.75 Å². The van der Waals surface area contributed by atoms with Crippen molar-refractivity contribution in [1.82, 2.24) is 0 Å². The topological polar surface area (TPSA) is 73.9 Å². The third-order valence-corrected chi connectivity index (χ3v) is 4.27. The first-order valence-corrected chi connectivity index (χ1v) is 8.67. The van der Waals surface area contributed by atoms with Crippen LogP contribution in [0, 0.1) is 6.92 Å². The van der Waals surface area contributed by atoms with Gasteiger partial charge in [0.05, 0.1) is 25.0 Å². The highest BCUT2D eigenvalue weighted by molar-refractivity contribution is 6.31. The lowest BCUT2D eigenvalue weighted by atomic mass is 10.1. The SMILES string of the molecule is COCc1cccc(C(=O)O[C@@H](C)C(=O)Nc2cc(C)c(Cl)cc2OC)c1. The van der Waals surface area contributed by atoms with Crippen LogP contribution in [0.2, 0.25) is 5.02 Å². The fraction of sp³-hybridized carbons (Fsp3) is 0.300. The Hall–Kier alpha value is -2.57. The van der Waals surface area contributed by atoms with E-state index < -0.39 is 18.0 Å². The van der Waals surface area contributed by atoms with Gasteiger partial charge in [0.25, 0.3) is 5.91 Å². The summed E-state index contributed by atoms with van der Waals surface area (Å²) in [6.07, 6.45) is -0.996. The predicted octanol–water partition coefficient (Wildman–Crippen LogP) is 3.99. The minimum absolute atomic E-state index is 0.351. The Labute approximate surface area is 163 Å². The molecule has 0 radical (unpaired) electrons. The summed E-state index contributed by atoms with van der Waals surface area (Å²) in [4.78, 5) is 24.7. The van der Waals surface area contributed by atoms with Gasteiger partial charge in [-0.05, 0) is 43.2 Å². The Morgan fingerprint density at radius 1 is 1.19 bits per heavy atom. The Bertz CT molecular complexity index is 837. The molecule has 1 atom stereocenters. The van der Waals surface area contributed by atoms with Crippen molar-refractivity contribution in [2.45, 2.75) is 26.6 Å². The fourth-order valence-corrected chi connectivity index (χ4v) is 2.55. The maximum Gasteiger partial charge on any atom is 0.338 e. The van der Waals surface area contributed by atoms with Gasteiger partial charge in [-0.2, -0.15) is 0 Å². The number of amides is 1. The molecular formula is C20H22ClNO5. The van der Waals surface area contributed by atoms with Crippen molar-refractivity contribution in [3.8, 4) is 5.75 Å². The lowest BCUT2D eigenvalue weighted by Gasteiger charge is -2.16. The molecule has 6 nitrogen and oxygen atoms in total. The first-order chi connectivity index (χ1) is 12.8. The Morgan fingerprint density at radius 2 is 1.93 bits per heavy atom. The van der Waals surface area contributed by atoms with Crippen LogP contribution in [0.5, 0.6) is 5.75 Å². The average Bonchev–Trinajstić information content (AvgIpc) is 2.64. The summed E-state index contributed by atoms with van der Waals surface area (Å²) >= 11 is 6.06. The number of esters is 1. The quantitative estimate of drug-likeness (QED) is 0.722. The van der Waals surface area contributed by atoms with Gasteiger partial charge in [0, 0.05) is 18.2 Å². The van der Waals surface area contributed by atoms with E-state index in [0.717, 1.165) is 11.1 Å². The molecule has 2 rings (SSSR count). The molecule has 0 unspecified atom stereocenters. The minimum atomic E-state index is -0.996. The number of aryl methyl sites for hydroxylation is 1. The number of hydrogen-bond acceptors (Lipinski definition) is 5. The van der Waals surface area contributed by atoms with Crippen LogP contribution >= 0.6 is 11.6 Å². The third-order valence-electron chi connectivity index (χ3n) is 3.87. The van der Waals surface area contributed by atoms with Crippen LogP contribution in [-0.2, 0) is 20.9 Å². The first-order valence-electron chi connectivity index (χ1n) is 8.29. The molecule has 2 aromatic carbocycles. The van der Waals surface area contributed by atoms with E-state index in [1.165, 1.54) is 14.0 Å². The Morgan fingerprint density at radius 3 is 2.59 bits per heavy atom. The number of carbonyl (C=O) groups excluding carboxylic acids is 2. The highest BCUT2D eigenvalue weighted by Crippen LogP contribution is 2.31. The molecule has 7 heteroatoms. The zero-order valence-corrected chi connectivity index (χ0v) is 16.4. The van der Waals surface area contributed by atoms with Crippen molar-refractivity contribution in [3.63, 3.8) is 0 Å². The molecule has 1 N–H and O–H groups in total. The molecule has 0 spiro atoms. The van der Waals surface area contributed by atoms with Crippen LogP contribution in [0.3, 0.4) is 0 Å². The predicted molar refractivity (Wildman–Crippen MR) is 103 cm³/mol. The van der Waals surface area contributed by atoms with E-state index in [-0.39, 0.29) is 0 Å². The number of halogens is 1. The van der Waals surface area contributed by atoms with E-state index in [9.17, 15) is 9.59 Å². The normalized spacial score (nSPS) is 11.6. The number of hydrogen-bond donors (Lipinski definition) is 1. The smallest absolute Gasteiger partial charge is 0.338 e. The number of rotatable bonds is 7. The number of methoxy groups -OCH3 is 2. The molecule has 0 aliphatic heterocycles. The molecule has 1 amide bonds. The number of benzene rings is 2.